The Kier molecular flexibility index (Phi) is 5.79. The predicted octanol–water partition coefficient (Wildman–Crippen LogP) is 5.81. The molecule has 2 nitrogen and oxygen atoms in total. The number of hydrogen-bond acceptors (Lipinski definition) is 2. The zero-order chi connectivity index (χ0) is 15.4. The van der Waals surface area contributed by atoms with Crippen molar-refractivity contribution in [3.63, 3.8) is 0 Å². The van der Waals surface area contributed by atoms with Crippen molar-refractivity contribution in [2.24, 2.45) is 0 Å². The molecule has 0 radical (unpaired) electrons. The summed E-state index contributed by atoms with van der Waals surface area (Å²) in [7, 11) is 0. The summed E-state index contributed by atoms with van der Waals surface area (Å²) in [4.78, 5) is 0. The van der Waals surface area contributed by atoms with Gasteiger partial charge in [0.25, 0.3) is 0 Å². The fourth-order valence-electron chi connectivity index (χ4n) is 1.96. The highest BCUT2D eigenvalue weighted by atomic mass is 79.9. The van der Waals surface area contributed by atoms with Crippen LogP contribution in [0.5, 0.6) is 11.5 Å². The fraction of sp³-hybridized carbons (Fsp3) is 0.250. The van der Waals surface area contributed by atoms with E-state index in [2.05, 4.69) is 51.0 Å². The van der Waals surface area contributed by atoms with Crippen molar-refractivity contribution < 1.29 is 9.13 Å². The number of benzene rings is 2. The Bertz CT molecular complexity index is 634. The van der Waals surface area contributed by atoms with E-state index < -0.39 is 0 Å². The van der Waals surface area contributed by atoms with E-state index in [1.54, 1.807) is 12.1 Å². The van der Waals surface area contributed by atoms with Gasteiger partial charge in [0, 0.05) is 6.04 Å². The highest BCUT2D eigenvalue weighted by Crippen LogP contribution is 2.33. The molecule has 0 spiro atoms. The monoisotopic (exact) mass is 415 g/mol. The van der Waals surface area contributed by atoms with Crippen molar-refractivity contribution in [3.05, 3.63) is 56.7 Å². The zero-order valence-electron chi connectivity index (χ0n) is 11.8. The van der Waals surface area contributed by atoms with Crippen molar-refractivity contribution >= 4 is 31.9 Å². The third-order valence-corrected chi connectivity index (χ3v) is 4.31. The molecule has 0 aliphatic heterocycles. The maximum absolute atomic E-state index is 13.2. The third kappa shape index (κ3) is 4.28. The zero-order valence-corrected chi connectivity index (χ0v) is 15.0. The molecule has 1 unspecified atom stereocenters. The summed E-state index contributed by atoms with van der Waals surface area (Å²) in [5.74, 6) is 0.966. The van der Waals surface area contributed by atoms with Crippen molar-refractivity contribution in [1.29, 1.82) is 0 Å². The molecule has 0 aliphatic rings. The van der Waals surface area contributed by atoms with Crippen LogP contribution in [-0.4, -0.2) is 6.54 Å². The molecule has 2 rings (SSSR count). The average Bonchev–Trinajstić information content (AvgIpc) is 2.45. The van der Waals surface area contributed by atoms with Gasteiger partial charge in [0.15, 0.2) is 0 Å². The first-order chi connectivity index (χ1) is 10.0. The van der Waals surface area contributed by atoms with Gasteiger partial charge in [-0.1, -0.05) is 13.0 Å². The van der Waals surface area contributed by atoms with E-state index in [1.807, 2.05) is 18.2 Å². The van der Waals surface area contributed by atoms with Crippen LogP contribution in [0.4, 0.5) is 4.39 Å². The molecular weight excluding hydrogens is 401 g/mol. The van der Waals surface area contributed by atoms with Crippen LogP contribution in [0.15, 0.2) is 45.3 Å². The molecule has 2 aromatic rings. The maximum atomic E-state index is 13.2. The van der Waals surface area contributed by atoms with Gasteiger partial charge in [-0.25, -0.2) is 4.39 Å². The molecule has 0 aliphatic carbocycles. The van der Waals surface area contributed by atoms with E-state index in [9.17, 15) is 4.39 Å². The van der Waals surface area contributed by atoms with Crippen LogP contribution in [0.1, 0.15) is 25.5 Å². The lowest BCUT2D eigenvalue weighted by Crippen LogP contribution is -2.17. The topological polar surface area (TPSA) is 21.3 Å². The van der Waals surface area contributed by atoms with Crippen LogP contribution in [-0.2, 0) is 0 Å². The summed E-state index contributed by atoms with van der Waals surface area (Å²) in [6.07, 6.45) is 0. The van der Waals surface area contributed by atoms with E-state index >= 15 is 0 Å². The second kappa shape index (κ2) is 7.38. The van der Waals surface area contributed by atoms with Gasteiger partial charge in [-0.2, -0.15) is 0 Å². The Morgan fingerprint density at radius 1 is 1.14 bits per heavy atom. The molecular formula is C16H16Br2FNO. The Morgan fingerprint density at radius 3 is 2.52 bits per heavy atom. The minimum Gasteiger partial charge on any atom is -0.456 e. The molecule has 112 valence electrons. The third-order valence-electron chi connectivity index (χ3n) is 3.09. The number of hydrogen-bond donors (Lipinski definition) is 1. The van der Waals surface area contributed by atoms with E-state index in [4.69, 9.17) is 4.74 Å². The van der Waals surface area contributed by atoms with E-state index in [0.717, 1.165) is 11.0 Å². The number of rotatable bonds is 5. The summed E-state index contributed by atoms with van der Waals surface area (Å²) in [5.41, 5.74) is 1.18. The highest BCUT2D eigenvalue weighted by Gasteiger charge is 2.09. The summed E-state index contributed by atoms with van der Waals surface area (Å²) in [5, 5.41) is 3.36. The Labute approximate surface area is 141 Å². The molecule has 0 amide bonds. The number of halogens is 3. The molecule has 5 heteroatoms. The SMILES string of the molecule is CCNC(C)c1ccc(Oc2ccc(F)c(Br)c2)c(Br)c1. The van der Waals surface area contributed by atoms with E-state index in [-0.39, 0.29) is 11.9 Å². The van der Waals surface area contributed by atoms with Gasteiger partial charge in [0.1, 0.15) is 17.3 Å². The molecule has 0 aromatic heterocycles. The molecule has 1 N–H and O–H groups in total. The second-order valence-corrected chi connectivity index (χ2v) is 6.36. The number of ether oxygens (including phenoxy) is 1. The predicted molar refractivity (Wildman–Crippen MR) is 90.4 cm³/mol. The molecule has 0 saturated heterocycles. The fourth-order valence-corrected chi connectivity index (χ4v) is 2.80. The van der Waals surface area contributed by atoms with Crippen LogP contribution in [0.3, 0.4) is 0 Å². The number of nitrogens with one attached hydrogen (secondary N) is 1. The van der Waals surface area contributed by atoms with Gasteiger partial charge < -0.3 is 10.1 Å². The Hall–Kier alpha value is -0.910. The van der Waals surface area contributed by atoms with Crippen LogP contribution in [0.25, 0.3) is 0 Å². The van der Waals surface area contributed by atoms with E-state index in [0.29, 0.717) is 16.0 Å². The van der Waals surface area contributed by atoms with Crippen molar-refractivity contribution in [2.75, 3.05) is 6.54 Å². The molecule has 2 aromatic carbocycles. The van der Waals surface area contributed by atoms with Crippen LogP contribution < -0.4 is 10.1 Å². The van der Waals surface area contributed by atoms with Gasteiger partial charge in [-0.3, -0.25) is 0 Å². The summed E-state index contributed by atoms with van der Waals surface area (Å²) < 4.78 is 20.2. The minimum atomic E-state index is -0.309. The highest BCUT2D eigenvalue weighted by molar-refractivity contribution is 9.10. The molecule has 1 atom stereocenters. The molecule has 0 saturated carbocycles. The molecule has 0 heterocycles. The van der Waals surface area contributed by atoms with Crippen molar-refractivity contribution in [3.8, 4) is 11.5 Å². The van der Waals surface area contributed by atoms with Crippen molar-refractivity contribution in [1.82, 2.24) is 5.32 Å². The van der Waals surface area contributed by atoms with Gasteiger partial charge in [-0.05, 0) is 81.2 Å². The standard InChI is InChI=1S/C16H16Br2FNO/c1-3-20-10(2)11-4-7-16(14(18)8-11)21-12-5-6-15(19)13(17)9-12/h4-10,20H,3H2,1-2H3. The largest absolute Gasteiger partial charge is 0.456 e. The lowest BCUT2D eigenvalue weighted by Gasteiger charge is -2.15. The lowest BCUT2D eigenvalue weighted by molar-refractivity contribution is 0.476. The van der Waals surface area contributed by atoms with Crippen LogP contribution >= 0.6 is 31.9 Å². The maximum Gasteiger partial charge on any atom is 0.141 e. The lowest BCUT2D eigenvalue weighted by atomic mass is 10.1. The Balaban J connectivity index is 2.19. The first-order valence-electron chi connectivity index (χ1n) is 6.67. The van der Waals surface area contributed by atoms with Crippen LogP contribution in [0, 0.1) is 5.82 Å². The first kappa shape index (κ1) is 16.5. The normalized spacial score (nSPS) is 12.2. The summed E-state index contributed by atoms with van der Waals surface area (Å²) in [6, 6.07) is 10.8. The van der Waals surface area contributed by atoms with E-state index in [1.165, 1.54) is 11.6 Å². The molecule has 0 bridgehead atoms. The summed E-state index contributed by atoms with van der Waals surface area (Å²) >= 11 is 6.67. The Morgan fingerprint density at radius 2 is 1.90 bits per heavy atom. The molecule has 21 heavy (non-hydrogen) atoms. The van der Waals surface area contributed by atoms with Gasteiger partial charge >= 0.3 is 0 Å². The van der Waals surface area contributed by atoms with Gasteiger partial charge in [0.2, 0.25) is 0 Å². The van der Waals surface area contributed by atoms with Gasteiger partial charge in [-0.15, -0.1) is 0 Å². The van der Waals surface area contributed by atoms with Crippen LogP contribution in [0.2, 0.25) is 0 Å². The van der Waals surface area contributed by atoms with Gasteiger partial charge in [0.05, 0.1) is 8.95 Å². The second-order valence-electron chi connectivity index (χ2n) is 4.65. The average molecular weight is 417 g/mol. The smallest absolute Gasteiger partial charge is 0.141 e. The minimum absolute atomic E-state index is 0.278. The quantitative estimate of drug-likeness (QED) is 0.663. The first-order valence-corrected chi connectivity index (χ1v) is 8.25. The molecule has 0 fully saturated rings. The van der Waals surface area contributed by atoms with Crippen molar-refractivity contribution in [2.45, 2.75) is 19.9 Å². The summed E-state index contributed by atoms with van der Waals surface area (Å²) in [6.45, 7) is 5.11.